The zero-order chi connectivity index (χ0) is 27.9. The van der Waals surface area contributed by atoms with Crippen LogP contribution in [0.2, 0.25) is 0 Å². The van der Waals surface area contributed by atoms with Crippen molar-refractivity contribution in [3.63, 3.8) is 0 Å². The van der Waals surface area contributed by atoms with Crippen molar-refractivity contribution in [3.05, 3.63) is 101 Å². The molecule has 0 bridgehead atoms. The highest BCUT2D eigenvalue weighted by Gasteiger charge is 2.14. The molecule has 3 rings (SSSR count). The van der Waals surface area contributed by atoms with Crippen molar-refractivity contribution < 1.29 is 19.1 Å². The van der Waals surface area contributed by atoms with E-state index in [0.29, 0.717) is 25.4 Å². The molecule has 0 spiro atoms. The number of urea groups is 1. The SMILES string of the molecule is CCCCc1ccc(C#Cc2ccc(CN(Cc3ccc(OCC(=O)OC)cc3)C(=O)NCCC)cc2)cc1. The van der Waals surface area contributed by atoms with Gasteiger partial charge in [0.25, 0.3) is 0 Å². The van der Waals surface area contributed by atoms with E-state index in [1.165, 1.54) is 25.5 Å². The van der Waals surface area contributed by atoms with Crippen LogP contribution >= 0.6 is 0 Å². The maximum Gasteiger partial charge on any atom is 0.343 e. The number of nitrogens with one attached hydrogen (secondary N) is 1. The molecule has 0 unspecified atom stereocenters. The molecule has 0 aliphatic heterocycles. The number of ether oxygens (including phenoxy) is 2. The minimum Gasteiger partial charge on any atom is -0.482 e. The molecule has 204 valence electrons. The monoisotopic (exact) mass is 526 g/mol. The third kappa shape index (κ3) is 10.2. The van der Waals surface area contributed by atoms with Gasteiger partial charge < -0.3 is 19.7 Å². The second-order valence-corrected chi connectivity index (χ2v) is 9.34. The first kappa shape index (κ1) is 29.3. The largest absolute Gasteiger partial charge is 0.482 e. The zero-order valence-corrected chi connectivity index (χ0v) is 23.2. The summed E-state index contributed by atoms with van der Waals surface area (Å²) in [5.41, 5.74) is 5.25. The number of benzene rings is 3. The van der Waals surface area contributed by atoms with Gasteiger partial charge in [-0.1, -0.05) is 68.5 Å². The number of carbonyl (C=O) groups excluding carboxylic acids is 2. The highest BCUT2D eigenvalue weighted by molar-refractivity contribution is 5.74. The minimum atomic E-state index is -0.439. The molecule has 39 heavy (non-hydrogen) atoms. The lowest BCUT2D eigenvalue weighted by atomic mass is 10.1. The van der Waals surface area contributed by atoms with E-state index in [0.717, 1.165) is 35.1 Å². The molecule has 0 saturated carbocycles. The first-order valence-corrected chi connectivity index (χ1v) is 13.5. The van der Waals surface area contributed by atoms with Crippen molar-refractivity contribution in [2.45, 2.75) is 52.6 Å². The fourth-order valence-electron chi connectivity index (χ4n) is 3.85. The summed E-state index contributed by atoms with van der Waals surface area (Å²) in [6.07, 6.45) is 4.37. The van der Waals surface area contributed by atoms with Crippen LogP contribution in [0.15, 0.2) is 72.8 Å². The van der Waals surface area contributed by atoms with Crippen molar-refractivity contribution in [3.8, 4) is 17.6 Å². The molecule has 6 nitrogen and oxygen atoms in total. The number of nitrogens with zero attached hydrogens (tertiary/aromatic N) is 1. The molecule has 0 aromatic heterocycles. The maximum atomic E-state index is 12.9. The van der Waals surface area contributed by atoms with Crippen LogP contribution in [0, 0.1) is 11.8 Å². The number of amides is 2. The fraction of sp³-hybridized carbons (Fsp3) is 0.333. The third-order valence-electron chi connectivity index (χ3n) is 6.15. The molecule has 1 N–H and O–H groups in total. The van der Waals surface area contributed by atoms with Crippen LogP contribution in [0.4, 0.5) is 4.79 Å². The van der Waals surface area contributed by atoms with Gasteiger partial charge in [0.15, 0.2) is 6.61 Å². The smallest absolute Gasteiger partial charge is 0.343 e. The van der Waals surface area contributed by atoms with Gasteiger partial charge >= 0.3 is 12.0 Å². The van der Waals surface area contributed by atoms with Gasteiger partial charge in [0.2, 0.25) is 0 Å². The lowest BCUT2D eigenvalue weighted by Gasteiger charge is -2.23. The number of hydrogen-bond donors (Lipinski definition) is 1. The highest BCUT2D eigenvalue weighted by Crippen LogP contribution is 2.16. The number of rotatable bonds is 12. The first-order chi connectivity index (χ1) is 19.0. The molecule has 0 radical (unpaired) electrons. The molecule has 2 amide bonds. The molecule has 3 aromatic rings. The quantitative estimate of drug-likeness (QED) is 0.229. The Kier molecular flexibility index (Phi) is 11.9. The Morgan fingerprint density at radius 3 is 1.82 bits per heavy atom. The topological polar surface area (TPSA) is 67.9 Å². The van der Waals surface area contributed by atoms with E-state index in [-0.39, 0.29) is 12.6 Å². The molecule has 0 saturated heterocycles. The Labute approximate surface area is 232 Å². The summed E-state index contributed by atoms with van der Waals surface area (Å²) in [7, 11) is 1.32. The molecule has 0 aliphatic rings. The molecule has 0 aliphatic carbocycles. The molecular weight excluding hydrogens is 488 g/mol. The molecule has 0 atom stereocenters. The van der Waals surface area contributed by atoms with Crippen LogP contribution < -0.4 is 10.1 Å². The van der Waals surface area contributed by atoms with E-state index in [4.69, 9.17) is 4.74 Å². The van der Waals surface area contributed by atoms with E-state index in [2.05, 4.69) is 53.1 Å². The van der Waals surface area contributed by atoms with Crippen molar-refractivity contribution in [1.29, 1.82) is 0 Å². The molecule has 0 heterocycles. The Morgan fingerprint density at radius 2 is 1.31 bits per heavy atom. The molecule has 6 heteroatoms. The number of carbonyl (C=O) groups is 2. The van der Waals surface area contributed by atoms with Gasteiger partial charge in [0.1, 0.15) is 5.75 Å². The van der Waals surface area contributed by atoms with Crippen molar-refractivity contribution in [1.82, 2.24) is 10.2 Å². The normalized spacial score (nSPS) is 10.2. The second-order valence-electron chi connectivity index (χ2n) is 9.34. The Balaban J connectivity index is 1.64. The fourth-order valence-corrected chi connectivity index (χ4v) is 3.85. The Morgan fingerprint density at radius 1 is 0.769 bits per heavy atom. The van der Waals surface area contributed by atoms with Gasteiger partial charge in [0.05, 0.1) is 7.11 Å². The second kappa shape index (κ2) is 15.9. The van der Waals surface area contributed by atoms with Gasteiger partial charge in [-0.3, -0.25) is 0 Å². The number of hydrogen-bond acceptors (Lipinski definition) is 4. The number of methoxy groups -OCH3 is 1. The van der Waals surface area contributed by atoms with Gasteiger partial charge in [0, 0.05) is 30.8 Å². The maximum absolute atomic E-state index is 12.9. The summed E-state index contributed by atoms with van der Waals surface area (Å²) < 4.78 is 10.0. The highest BCUT2D eigenvalue weighted by atomic mass is 16.6. The lowest BCUT2D eigenvalue weighted by molar-refractivity contribution is -0.142. The van der Waals surface area contributed by atoms with Crippen LogP contribution in [0.25, 0.3) is 0 Å². The van der Waals surface area contributed by atoms with E-state index in [1.807, 2.05) is 43.3 Å². The summed E-state index contributed by atoms with van der Waals surface area (Å²) in [5, 5.41) is 2.98. The Bertz CT molecular complexity index is 1240. The Hall–Kier alpha value is -4.24. The third-order valence-corrected chi connectivity index (χ3v) is 6.15. The van der Waals surface area contributed by atoms with Crippen molar-refractivity contribution >= 4 is 12.0 Å². The summed E-state index contributed by atoms with van der Waals surface area (Å²) in [5.74, 6) is 6.60. The van der Waals surface area contributed by atoms with Crippen LogP contribution in [0.5, 0.6) is 5.75 Å². The molecule has 0 fully saturated rings. The minimum absolute atomic E-state index is 0.117. The molecular formula is C33H38N2O4. The number of unbranched alkanes of at least 4 members (excludes halogenated alkanes) is 1. The van der Waals surface area contributed by atoms with Gasteiger partial charge in [-0.05, 0) is 72.4 Å². The number of esters is 1. The van der Waals surface area contributed by atoms with Crippen molar-refractivity contribution in [2.75, 3.05) is 20.3 Å². The zero-order valence-electron chi connectivity index (χ0n) is 23.2. The standard InChI is InChI=1S/C33H38N2O4/c1-4-6-7-26-8-10-27(11-9-26)12-13-28-14-16-29(17-15-28)23-35(33(37)34-22-5-2)24-30-18-20-31(21-19-30)39-25-32(36)38-3/h8-11,14-21H,4-7,22-25H2,1-3H3,(H,34,37). The average Bonchev–Trinajstić information content (AvgIpc) is 2.98. The van der Waals surface area contributed by atoms with Gasteiger partial charge in [-0.2, -0.15) is 0 Å². The van der Waals surface area contributed by atoms with E-state index in [1.54, 1.807) is 17.0 Å². The first-order valence-electron chi connectivity index (χ1n) is 13.5. The van der Waals surface area contributed by atoms with Gasteiger partial charge in [-0.15, -0.1) is 0 Å². The summed E-state index contributed by atoms with van der Waals surface area (Å²) in [4.78, 5) is 26.0. The van der Waals surface area contributed by atoms with Crippen LogP contribution in [0.1, 0.15) is 60.9 Å². The van der Waals surface area contributed by atoms with Crippen LogP contribution in [-0.4, -0.2) is 37.2 Å². The summed E-state index contributed by atoms with van der Waals surface area (Å²) in [6, 6.07) is 23.7. The van der Waals surface area contributed by atoms with Crippen LogP contribution in [-0.2, 0) is 29.0 Å². The van der Waals surface area contributed by atoms with E-state index >= 15 is 0 Å². The lowest BCUT2D eigenvalue weighted by Crippen LogP contribution is -2.39. The van der Waals surface area contributed by atoms with Crippen LogP contribution in [0.3, 0.4) is 0 Å². The van der Waals surface area contributed by atoms with E-state index in [9.17, 15) is 9.59 Å². The summed E-state index contributed by atoms with van der Waals surface area (Å²) in [6.45, 7) is 5.59. The predicted molar refractivity (Wildman–Crippen MR) is 154 cm³/mol. The van der Waals surface area contributed by atoms with Crippen molar-refractivity contribution in [2.24, 2.45) is 0 Å². The number of aryl methyl sites for hydroxylation is 1. The van der Waals surface area contributed by atoms with Gasteiger partial charge in [-0.25, -0.2) is 9.59 Å². The summed E-state index contributed by atoms with van der Waals surface area (Å²) >= 11 is 0. The molecule has 3 aromatic carbocycles. The predicted octanol–water partition coefficient (Wildman–Crippen LogP) is 6.10. The van der Waals surface area contributed by atoms with E-state index < -0.39 is 5.97 Å². The average molecular weight is 527 g/mol.